The Balaban J connectivity index is 2.30. The van der Waals surface area contributed by atoms with Crippen molar-refractivity contribution in [3.05, 3.63) is 0 Å². The van der Waals surface area contributed by atoms with Crippen molar-refractivity contribution >= 4 is 0 Å². The number of hydrogen-bond donors (Lipinski definition) is 2. The van der Waals surface area contributed by atoms with Gasteiger partial charge < -0.3 is 20.4 Å². The molecule has 5 nitrogen and oxygen atoms in total. The summed E-state index contributed by atoms with van der Waals surface area (Å²) in [6, 6.07) is 0. The molecule has 0 saturated carbocycles. The van der Waals surface area contributed by atoms with Gasteiger partial charge in [0.25, 0.3) is 0 Å². The van der Waals surface area contributed by atoms with E-state index in [1.165, 1.54) is 4.90 Å². The molecule has 72 valence electrons. The molecule has 1 aliphatic heterocycles. The Bertz CT molecular complexity index is 115. The molecule has 0 aliphatic carbocycles. The van der Waals surface area contributed by atoms with Crippen LogP contribution in [-0.4, -0.2) is 40.9 Å². The van der Waals surface area contributed by atoms with Crippen molar-refractivity contribution in [3.8, 4) is 0 Å². The summed E-state index contributed by atoms with van der Waals surface area (Å²) in [5.74, 6) is -0.264. The van der Waals surface area contributed by atoms with E-state index in [-0.39, 0.29) is 5.92 Å². The summed E-state index contributed by atoms with van der Waals surface area (Å²) in [5.41, 5.74) is 0. The predicted octanol–water partition coefficient (Wildman–Crippen LogP) is -2.99. The number of rotatable bonds is 2. The predicted molar refractivity (Wildman–Crippen MR) is 36.3 cm³/mol. The largest absolute Gasteiger partial charge is 0.831 e. The van der Waals surface area contributed by atoms with E-state index < -0.39 is 12.7 Å². The van der Waals surface area contributed by atoms with E-state index in [9.17, 15) is 10.2 Å². The van der Waals surface area contributed by atoms with Gasteiger partial charge in [0, 0.05) is 6.41 Å². The molecule has 0 spiro atoms. The first kappa shape index (κ1) is 9.88. The molecule has 0 aromatic rings. The highest BCUT2D eigenvalue weighted by atomic mass is 16.5. The van der Waals surface area contributed by atoms with Crippen molar-refractivity contribution < 1.29 is 20.4 Å². The molecule has 12 heavy (non-hydrogen) atoms. The fourth-order valence-corrected chi connectivity index (χ4v) is 1.43. The highest BCUT2D eigenvalue weighted by molar-refractivity contribution is 4.71. The zero-order valence-electron chi connectivity index (χ0n) is 6.72. The van der Waals surface area contributed by atoms with Crippen molar-refractivity contribution in [2.24, 2.45) is 5.92 Å². The molecule has 2 N–H and O–H groups in total. The van der Waals surface area contributed by atoms with Crippen LogP contribution in [0.1, 0.15) is 12.8 Å². The van der Waals surface area contributed by atoms with Crippen molar-refractivity contribution in [2.75, 3.05) is 13.1 Å². The van der Waals surface area contributed by atoms with Gasteiger partial charge in [0.1, 0.15) is 0 Å². The molecular weight excluding hydrogens is 162 g/mol. The average molecular weight is 175 g/mol. The summed E-state index contributed by atoms with van der Waals surface area (Å²) in [7, 11) is 0. The first-order valence-corrected chi connectivity index (χ1v) is 4.03. The van der Waals surface area contributed by atoms with Crippen LogP contribution in [0.25, 0.3) is 0 Å². The molecule has 1 fully saturated rings. The van der Waals surface area contributed by atoms with E-state index in [0.29, 0.717) is 25.9 Å². The fraction of sp³-hybridized carbons (Fsp3) is 1.00. The normalized spacial score (nSPS) is 27.0. The molecule has 1 saturated heterocycles. The van der Waals surface area contributed by atoms with Gasteiger partial charge >= 0.3 is 0 Å². The number of hydrogen-bond acceptors (Lipinski definition) is 5. The maximum atomic E-state index is 10.6. The van der Waals surface area contributed by atoms with Gasteiger partial charge in [0.05, 0.1) is 0 Å². The molecular formula is C7H13NO4-2. The lowest BCUT2D eigenvalue weighted by Gasteiger charge is -2.40. The second kappa shape index (κ2) is 4.15. The van der Waals surface area contributed by atoms with Crippen molar-refractivity contribution in [1.29, 1.82) is 0 Å². The number of likely N-dealkylation sites (tertiary alicyclic amines) is 1. The van der Waals surface area contributed by atoms with E-state index >= 15 is 0 Å². The van der Waals surface area contributed by atoms with Gasteiger partial charge in [-0.3, -0.25) is 4.90 Å². The van der Waals surface area contributed by atoms with Gasteiger partial charge in [-0.05, 0) is 38.1 Å². The van der Waals surface area contributed by atoms with Gasteiger partial charge in [0.15, 0.2) is 0 Å². The Labute approximate surface area is 70.9 Å². The van der Waals surface area contributed by atoms with Crippen LogP contribution >= 0.6 is 0 Å². The SMILES string of the molecule is [O-]C(O)C1CCN(C([O-])O)CC1. The lowest BCUT2D eigenvalue weighted by molar-refractivity contribution is -0.527. The molecule has 5 heteroatoms. The Morgan fingerprint density at radius 2 is 1.67 bits per heavy atom. The van der Waals surface area contributed by atoms with Crippen LogP contribution in [0.5, 0.6) is 0 Å². The Hall–Kier alpha value is -0.200. The Kier molecular flexibility index (Phi) is 3.42. The number of piperidine rings is 1. The van der Waals surface area contributed by atoms with E-state index in [2.05, 4.69) is 0 Å². The minimum absolute atomic E-state index is 0.264. The smallest absolute Gasteiger partial charge is 0.0329 e. The van der Waals surface area contributed by atoms with Crippen molar-refractivity contribution in [3.63, 3.8) is 0 Å². The molecule has 0 aromatic carbocycles. The van der Waals surface area contributed by atoms with Crippen LogP contribution in [0.4, 0.5) is 0 Å². The van der Waals surface area contributed by atoms with Crippen LogP contribution in [-0.2, 0) is 0 Å². The summed E-state index contributed by atoms with van der Waals surface area (Å²) in [6.45, 7) is 0.795. The molecule has 1 heterocycles. The monoisotopic (exact) mass is 175 g/mol. The minimum Gasteiger partial charge on any atom is -0.831 e. The zero-order chi connectivity index (χ0) is 9.14. The molecule has 0 amide bonds. The summed E-state index contributed by atoms with van der Waals surface area (Å²) in [5, 5.41) is 38.4. The summed E-state index contributed by atoms with van der Waals surface area (Å²) in [6.07, 6.45) is -2.25. The summed E-state index contributed by atoms with van der Waals surface area (Å²) >= 11 is 0. The summed E-state index contributed by atoms with van der Waals surface area (Å²) in [4.78, 5) is 1.35. The number of aliphatic hydroxyl groups excluding tert-OH is 2. The van der Waals surface area contributed by atoms with Gasteiger partial charge in [-0.2, -0.15) is 0 Å². The minimum atomic E-state index is -1.69. The first-order chi connectivity index (χ1) is 5.61. The molecule has 0 radical (unpaired) electrons. The third-order valence-electron chi connectivity index (χ3n) is 2.29. The topological polar surface area (TPSA) is 89.8 Å². The fourth-order valence-electron chi connectivity index (χ4n) is 1.43. The second-order valence-electron chi connectivity index (χ2n) is 3.09. The quantitative estimate of drug-likeness (QED) is 0.437. The van der Waals surface area contributed by atoms with E-state index in [4.69, 9.17) is 10.2 Å². The molecule has 1 aliphatic rings. The second-order valence-corrected chi connectivity index (χ2v) is 3.09. The highest BCUT2D eigenvalue weighted by Crippen LogP contribution is 2.18. The van der Waals surface area contributed by atoms with Crippen LogP contribution in [0.2, 0.25) is 0 Å². The van der Waals surface area contributed by atoms with Crippen LogP contribution in [0.15, 0.2) is 0 Å². The highest BCUT2D eigenvalue weighted by Gasteiger charge is 2.20. The third-order valence-corrected chi connectivity index (χ3v) is 2.29. The number of nitrogens with zero attached hydrogens (tertiary/aromatic N) is 1. The van der Waals surface area contributed by atoms with Crippen molar-refractivity contribution in [1.82, 2.24) is 4.90 Å². The van der Waals surface area contributed by atoms with Crippen molar-refractivity contribution in [2.45, 2.75) is 25.5 Å². The Morgan fingerprint density at radius 3 is 2.00 bits per heavy atom. The standard InChI is InChI=1S/C7H13NO4/c9-6(10)5-1-3-8(4-2-5)7(11)12/h5-7,9,11H,1-4H2/q-2. The number of aliphatic hydroxyl groups is 2. The van der Waals surface area contributed by atoms with Crippen LogP contribution in [0.3, 0.4) is 0 Å². The van der Waals surface area contributed by atoms with Gasteiger partial charge in [-0.15, -0.1) is 0 Å². The third kappa shape index (κ3) is 2.40. The molecule has 2 unspecified atom stereocenters. The van der Waals surface area contributed by atoms with Gasteiger partial charge in [-0.25, -0.2) is 0 Å². The Morgan fingerprint density at radius 1 is 1.17 bits per heavy atom. The lowest BCUT2D eigenvalue weighted by atomic mass is 9.97. The zero-order valence-corrected chi connectivity index (χ0v) is 6.72. The van der Waals surface area contributed by atoms with E-state index in [1.807, 2.05) is 0 Å². The molecule has 2 atom stereocenters. The first-order valence-electron chi connectivity index (χ1n) is 4.03. The van der Waals surface area contributed by atoms with Gasteiger partial charge in [-0.1, -0.05) is 0 Å². The molecule has 1 rings (SSSR count). The molecule has 0 bridgehead atoms. The van der Waals surface area contributed by atoms with Crippen LogP contribution in [0, 0.1) is 5.92 Å². The maximum absolute atomic E-state index is 10.6. The lowest BCUT2D eigenvalue weighted by Crippen LogP contribution is -2.50. The van der Waals surface area contributed by atoms with E-state index in [1.54, 1.807) is 0 Å². The molecule has 0 aromatic heterocycles. The van der Waals surface area contributed by atoms with E-state index in [0.717, 1.165) is 0 Å². The average Bonchev–Trinajstić information content (AvgIpc) is 2.04. The van der Waals surface area contributed by atoms with Gasteiger partial charge in [0.2, 0.25) is 0 Å². The summed E-state index contributed by atoms with van der Waals surface area (Å²) < 4.78 is 0. The van der Waals surface area contributed by atoms with Crippen LogP contribution < -0.4 is 10.2 Å². The maximum Gasteiger partial charge on any atom is 0.0329 e.